The van der Waals surface area contributed by atoms with E-state index in [1.165, 1.54) is 18.2 Å². The van der Waals surface area contributed by atoms with E-state index in [2.05, 4.69) is 22.5 Å². The van der Waals surface area contributed by atoms with Gasteiger partial charge in [0, 0.05) is 24.0 Å². The van der Waals surface area contributed by atoms with E-state index in [0.29, 0.717) is 33.7 Å². The number of rotatable bonds is 6. The molecule has 2 amide bonds. The summed E-state index contributed by atoms with van der Waals surface area (Å²) in [6.07, 6.45) is 6.15. The van der Waals surface area contributed by atoms with Crippen molar-refractivity contribution in [1.29, 1.82) is 0 Å². The summed E-state index contributed by atoms with van der Waals surface area (Å²) in [5.41, 5.74) is 1.14. The van der Waals surface area contributed by atoms with Gasteiger partial charge < -0.3 is 20.1 Å². The highest BCUT2D eigenvalue weighted by atomic mass is 32.2. The average molecular weight is 428 g/mol. The molecule has 30 heavy (non-hydrogen) atoms. The van der Waals surface area contributed by atoms with Crippen molar-refractivity contribution in [3.8, 4) is 11.5 Å². The zero-order chi connectivity index (χ0) is 20.9. The molecule has 1 aromatic carbocycles. The van der Waals surface area contributed by atoms with Gasteiger partial charge in [-0.2, -0.15) is 0 Å². The molecule has 1 aromatic heterocycles. The number of anilines is 1. The molecule has 2 aliphatic rings. The third-order valence-corrected chi connectivity index (χ3v) is 6.45. The van der Waals surface area contributed by atoms with Crippen LogP contribution in [0, 0.1) is 5.92 Å². The Morgan fingerprint density at radius 3 is 2.87 bits per heavy atom. The number of nitrogens with one attached hydrogen (secondary N) is 2. The minimum atomic E-state index is -0.184. The first-order valence-electron chi connectivity index (χ1n) is 10.2. The maximum Gasteiger partial charge on any atom is 0.254 e. The van der Waals surface area contributed by atoms with E-state index < -0.39 is 0 Å². The second-order valence-electron chi connectivity index (χ2n) is 7.60. The summed E-state index contributed by atoms with van der Waals surface area (Å²) in [7, 11) is 0. The van der Waals surface area contributed by atoms with Crippen molar-refractivity contribution < 1.29 is 19.1 Å². The van der Waals surface area contributed by atoms with Crippen LogP contribution >= 0.6 is 11.8 Å². The molecule has 2 unspecified atom stereocenters. The Morgan fingerprint density at radius 1 is 1.17 bits per heavy atom. The number of pyridine rings is 1. The number of hydrogen-bond donors (Lipinski definition) is 2. The lowest BCUT2D eigenvalue weighted by molar-refractivity contribution is -0.113. The van der Waals surface area contributed by atoms with Crippen molar-refractivity contribution in [2.75, 3.05) is 17.9 Å². The van der Waals surface area contributed by atoms with Gasteiger partial charge in [-0.25, -0.2) is 4.98 Å². The van der Waals surface area contributed by atoms with Crippen LogP contribution < -0.4 is 20.1 Å². The summed E-state index contributed by atoms with van der Waals surface area (Å²) in [5.74, 6) is 1.59. The summed E-state index contributed by atoms with van der Waals surface area (Å²) >= 11 is 1.25. The molecule has 1 saturated carbocycles. The predicted molar refractivity (Wildman–Crippen MR) is 115 cm³/mol. The minimum absolute atomic E-state index is 0.125. The molecule has 2 heterocycles. The number of fused-ring (bicyclic) bond motifs is 1. The van der Waals surface area contributed by atoms with Crippen molar-refractivity contribution >= 4 is 29.3 Å². The molecular formula is C22H25N3O4S. The van der Waals surface area contributed by atoms with E-state index in [1.54, 1.807) is 36.5 Å². The van der Waals surface area contributed by atoms with Crippen molar-refractivity contribution in [1.82, 2.24) is 10.3 Å². The first kappa shape index (κ1) is 20.5. The monoisotopic (exact) mass is 427 g/mol. The van der Waals surface area contributed by atoms with E-state index in [0.717, 1.165) is 19.3 Å². The lowest BCUT2D eigenvalue weighted by Crippen LogP contribution is -2.41. The summed E-state index contributed by atoms with van der Waals surface area (Å²) in [6, 6.07) is 8.96. The van der Waals surface area contributed by atoms with Crippen LogP contribution in [0.15, 0.2) is 41.6 Å². The number of aromatic nitrogens is 1. The molecule has 7 nitrogen and oxygen atoms in total. The van der Waals surface area contributed by atoms with Crippen molar-refractivity contribution in [3.63, 3.8) is 0 Å². The SMILES string of the molecule is CC1CCCCC1NC(=O)c1cccnc1SCC(=O)Nc1ccc2c(c1)OCO2. The number of nitrogens with zero attached hydrogens (tertiary/aromatic N) is 1. The molecule has 4 rings (SSSR count). The van der Waals surface area contributed by atoms with Crippen LogP contribution in [0.1, 0.15) is 43.0 Å². The van der Waals surface area contributed by atoms with E-state index in [4.69, 9.17) is 9.47 Å². The van der Waals surface area contributed by atoms with Gasteiger partial charge in [-0.1, -0.05) is 31.5 Å². The normalized spacial score (nSPS) is 19.9. The number of carbonyl (C=O) groups excluding carboxylic acids is 2. The fourth-order valence-corrected chi connectivity index (χ4v) is 4.55. The van der Waals surface area contributed by atoms with Gasteiger partial charge in [-0.05, 0) is 43.0 Å². The smallest absolute Gasteiger partial charge is 0.254 e. The maximum absolute atomic E-state index is 12.8. The molecule has 2 N–H and O–H groups in total. The first-order valence-corrected chi connectivity index (χ1v) is 11.2. The Bertz CT molecular complexity index is 936. The lowest BCUT2D eigenvalue weighted by atomic mass is 9.86. The van der Waals surface area contributed by atoms with Crippen LogP contribution in [0.2, 0.25) is 0 Å². The summed E-state index contributed by atoms with van der Waals surface area (Å²) in [6.45, 7) is 2.37. The van der Waals surface area contributed by atoms with Gasteiger partial charge in [0.05, 0.1) is 11.3 Å². The van der Waals surface area contributed by atoms with E-state index >= 15 is 0 Å². The maximum atomic E-state index is 12.8. The number of benzene rings is 1. The van der Waals surface area contributed by atoms with Gasteiger partial charge in [-0.3, -0.25) is 9.59 Å². The second kappa shape index (κ2) is 9.38. The van der Waals surface area contributed by atoms with Gasteiger partial charge in [-0.15, -0.1) is 0 Å². The Kier molecular flexibility index (Phi) is 6.42. The van der Waals surface area contributed by atoms with Crippen LogP contribution in [-0.2, 0) is 4.79 Å². The standard InChI is InChI=1S/C22H25N3O4S/c1-14-5-2-3-7-17(14)25-21(27)16-6-4-10-23-22(16)30-12-20(26)24-15-8-9-18-19(11-15)29-13-28-18/h4,6,8-11,14,17H,2-3,5,7,12-13H2,1H3,(H,24,26)(H,25,27). The third-order valence-electron chi connectivity index (χ3n) is 5.44. The van der Waals surface area contributed by atoms with Gasteiger partial charge in [0.2, 0.25) is 12.7 Å². The molecule has 1 aliphatic heterocycles. The number of ether oxygens (including phenoxy) is 2. The topological polar surface area (TPSA) is 89.6 Å². The molecule has 0 spiro atoms. The average Bonchev–Trinajstić information content (AvgIpc) is 3.22. The summed E-state index contributed by atoms with van der Waals surface area (Å²) in [5, 5.41) is 6.55. The van der Waals surface area contributed by atoms with Crippen LogP contribution in [0.25, 0.3) is 0 Å². The number of amides is 2. The zero-order valence-corrected chi connectivity index (χ0v) is 17.7. The van der Waals surface area contributed by atoms with Gasteiger partial charge in [0.15, 0.2) is 11.5 Å². The minimum Gasteiger partial charge on any atom is -0.454 e. The quantitative estimate of drug-likeness (QED) is 0.681. The summed E-state index contributed by atoms with van der Waals surface area (Å²) < 4.78 is 10.6. The molecular weight excluding hydrogens is 402 g/mol. The van der Waals surface area contributed by atoms with Crippen LogP contribution in [0.5, 0.6) is 11.5 Å². The van der Waals surface area contributed by atoms with Gasteiger partial charge >= 0.3 is 0 Å². The van der Waals surface area contributed by atoms with Gasteiger partial charge in [0.25, 0.3) is 5.91 Å². The number of carbonyl (C=O) groups is 2. The van der Waals surface area contributed by atoms with Crippen molar-refractivity contribution in [3.05, 3.63) is 42.1 Å². The largest absolute Gasteiger partial charge is 0.454 e. The second-order valence-corrected chi connectivity index (χ2v) is 8.57. The first-order chi connectivity index (χ1) is 14.6. The molecule has 0 bridgehead atoms. The van der Waals surface area contributed by atoms with Crippen LogP contribution in [-0.4, -0.2) is 35.4 Å². The van der Waals surface area contributed by atoms with Crippen molar-refractivity contribution in [2.24, 2.45) is 5.92 Å². The molecule has 0 saturated heterocycles. The summed E-state index contributed by atoms with van der Waals surface area (Å²) in [4.78, 5) is 29.6. The number of thioether (sulfide) groups is 1. The fraction of sp³-hybridized carbons (Fsp3) is 0.409. The highest BCUT2D eigenvalue weighted by molar-refractivity contribution is 8.00. The Hall–Kier alpha value is -2.74. The fourth-order valence-electron chi connectivity index (χ4n) is 3.76. The Balaban J connectivity index is 1.35. The Labute approximate surface area is 179 Å². The van der Waals surface area contributed by atoms with Gasteiger partial charge in [0.1, 0.15) is 5.03 Å². The molecule has 2 aromatic rings. The van der Waals surface area contributed by atoms with E-state index in [-0.39, 0.29) is 30.4 Å². The third kappa shape index (κ3) is 4.87. The van der Waals surface area contributed by atoms with Crippen LogP contribution in [0.3, 0.4) is 0 Å². The molecule has 2 atom stereocenters. The van der Waals surface area contributed by atoms with E-state index in [1.807, 2.05) is 0 Å². The van der Waals surface area contributed by atoms with Crippen molar-refractivity contribution in [2.45, 2.75) is 43.7 Å². The molecule has 1 aliphatic carbocycles. The Morgan fingerprint density at radius 2 is 2.00 bits per heavy atom. The highest BCUT2D eigenvalue weighted by Crippen LogP contribution is 2.34. The van der Waals surface area contributed by atoms with Crippen LogP contribution in [0.4, 0.5) is 5.69 Å². The molecule has 8 heteroatoms. The molecule has 0 radical (unpaired) electrons. The molecule has 1 fully saturated rings. The lowest BCUT2D eigenvalue weighted by Gasteiger charge is -2.29. The molecule has 158 valence electrons. The highest BCUT2D eigenvalue weighted by Gasteiger charge is 2.24. The zero-order valence-electron chi connectivity index (χ0n) is 16.8. The number of hydrogen-bond acceptors (Lipinski definition) is 6. The predicted octanol–water partition coefficient (Wildman–Crippen LogP) is 3.85. The van der Waals surface area contributed by atoms with E-state index in [9.17, 15) is 9.59 Å².